The third-order valence-electron chi connectivity index (χ3n) is 5.29. The van der Waals surface area contributed by atoms with Crippen LogP contribution in [0.1, 0.15) is 32.1 Å². The number of benzene rings is 1. The first kappa shape index (κ1) is 17.0. The summed E-state index contributed by atoms with van der Waals surface area (Å²) in [5.74, 6) is 0.681. The largest absolute Gasteiger partial charge is 0.330 e. The summed E-state index contributed by atoms with van der Waals surface area (Å²) in [6.07, 6.45) is 5.28. The van der Waals surface area contributed by atoms with Crippen molar-refractivity contribution in [1.29, 1.82) is 0 Å². The van der Waals surface area contributed by atoms with Gasteiger partial charge in [0.25, 0.3) is 0 Å². The predicted octanol–water partition coefficient (Wildman–Crippen LogP) is 4.79. The number of nitrogens with one attached hydrogen (secondary N) is 1. The lowest BCUT2D eigenvalue weighted by Gasteiger charge is -2.23. The zero-order valence-corrected chi connectivity index (χ0v) is 15.6. The van der Waals surface area contributed by atoms with Gasteiger partial charge in [0.2, 0.25) is 5.91 Å². The summed E-state index contributed by atoms with van der Waals surface area (Å²) in [6.45, 7) is 0. The van der Waals surface area contributed by atoms with Crippen LogP contribution >= 0.6 is 11.3 Å². The highest BCUT2D eigenvalue weighted by Gasteiger charge is 2.24. The molecule has 1 amide bonds. The Morgan fingerprint density at radius 1 is 1.12 bits per heavy atom. The lowest BCUT2D eigenvalue weighted by Crippen LogP contribution is -2.28. The van der Waals surface area contributed by atoms with Crippen LogP contribution in [0.3, 0.4) is 0 Å². The minimum Gasteiger partial charge on any atom is -0.330 e. The van der Waals surface area contributed by atoms with E-state index in [9.17, 15) is 9.59 Å². The Hall–Kier alpha value is -2.40. The smallest absolute Gasteiger partial charge is 0.228 e. The maximum atomic E-state index is 13.2. The first-order chi connectivity index (χ1) is 12.7. The van der Waals surface area contributed by atoms with Gasteiger partial charge in [-0.05, 0) is 36.4 Å². The fourth-order valence-electron chi connectivity index (χ4n) is 3.87. The number of aryl methyl sites for hydroxylation is 1. The van der Waals surface area contributed by atoms with Crippen LogP contribution in [-0.4, -0.2) is 10.5 Å². The van der Waals surface area contributed by atoms with E-state index in [2.05, 4.69) is 5.32 Å². The molecule has 0 unspecified atom stereocenters. The number of fused-ring (bicyclic) bond motifs is 1. The molecule has 1 aliphatic rings. The summed E-state index contributed by atoms with van der Waals surface area (Å²) in [6, 6.07) is 11.4. The maximum absolute atomic E-state index is 13.2. The van der Waals surface area contributed by atoms with Crippen LogP contribution in [0.25, 0.3) is 21.3 Å². The van der Waals surface area contributed by atoms with Gasteiger partial charge in [-0.2, -0.15) is 0 Å². The van der Waals surface area contributed by atoms with Crippen molar-refractivity contribution >= 4 is 34.0 Å². The minimum atomic E-state index is -0.0277. The van der Waals surface area contributed by atoms with Crippen LogP contribution in [-0.2, 0) is 11.8 Å². The number of amides is 1. The molecule has 0 bridgehead atoms. The molecule has 0 radical (unpaired) electrons. The van der Waals surface area contributed by atoms with Gasteiger partial charge in [-0.3, -0.25) is 9.59 Å². The number of carbonyl (C=O) groups excluding carboxylic acids is 1. The van der Waals surface area contributed by atoms with Gasteiger partial charge in [0.05, 0.1) is 11.1 Å². The number of hydrogen-bond acceptors (Lipinski definition) is 3. The Morgan fingerprint density at radius 2 is 1.88 bits per heavy atom. The molecule has 0 aliphatic heterocycles. The second-order valence-electron chi connectivity index (χ2n) is 6.93. The number of nitrogens with zero attached hydrogens (tertiary/aromatic N) is 1. The molecule has 3 aromatic rings. The normalized spacial score (nSPS) is 15.3. The molecule has 134 valence electrons. The first-order valence-corrected chi connectivity index (χ1v) is 10.0. The molecule has 0 spiro atoms. The summed E-state index contributed by atoms with van der Waals surface area (Å²) in [4.78, 5) is 27.0. The summed E-state index contributed by atoms with van der Waals surface area (Å²) in [7, 11) is 1.91. The van der Waals surface area contributed by atoms with Gasteiger partial charge in [-0.25, -0.2) is 0 Å². The quantitative estimate of drug-likeness (QED) is 0.725. The molecule has 2 aromatic heterocycles. The monoisotopic (exact) mass is 366 g/mol. The molecular weight excluding hydrogens is 344 g/mol. The second-order valence-corrected chi connectivity index (χ2v) is 7.88. The number of pyridine rings is 1. The number of hydrogen-bond donors (Lipinski definition) is 1. The Labute approximate surface area is 156 Å². The van der Waals surface area contributed by atoms with Crippen LogP contribution < -0.4 is 10.7 Å². The lowest BCUT2D eigenvalue weighted by atomic mass is 9.88. The van der Waals surface area contributed by atoms with Crippen LogP contribution in [0, 0.1) is 5.92 Å². The van der Waals surface area contributed by atoms with Gasteiger partial charge in [-0.15, -0.1) is 11.3 Å². The molecule has 1 aromatic carbocycles. The van der Waals surface area contributed by atoms with Crippen molar-refractivity contribution in [1.82, 2.24) is 4.57 Å². The Morgan fingerprint density at radius 3 is 2.62 bits per heavy atom. The first-order valence-electron chi connectivity index (χ1n) is 9.13. The highest BCUT2D eigenvalue weighted by molar-refractivity contribution is 7.13. The Bertz CT molecular complexity index is 999. The third-order valence-corrected chi connectivity index (χ3v) is 6.18. The molecule has 1 fully saturated rings. The fourth-order valence-corrected chi connectivity index (χ4v) is 4.64. The van der Waals surface area contributed by atoms with Crippen LogP contribution in [0.15, 0.2) is 46.6 Å². The van der Waals surface area contributed by atoms with Gasteiger partial charge in [-0.1, -0.05) is 37.5 Å². The van der Waals surface area contributed by atoms with Crippen molar-refractivity contribution < 1.29 is 4.79 Å². The molecule has 1 N–H and O–H groups in total. The molecule has 4 rings (SSSR count). The van der Waals surface area contributed by atoms with Gasteiger partial charge in [0, 0.05) is 23.2 Å². The van der Waals surface area contributed by atoms with E-state index >= 15 is 0 Å². The molecule has 1 aliphatic carbocycles. The molecule has 5 heteroatoms. The van der Waals surface area contributed by atoms with E-state index in [1.165, 1.54) is 17.8 Å². The molecule has 4 nitrogen and oxygen atoms in total. The van der Waals surface area contributed by atoms with Crippen molar-refractivity contribution in [3.05, 3.63) is 52.0 Å². The van der Waals surface area contributed by atoms with E-state index in [1.54, 1.807) is 0 Å². The van der Waals surface area contributed by atoms with E-state index in [0.717, 1.165) is 36.1 Å². The third kappa shape index (κ3) is 2.97. The molecular formula is C21H22N2O2S. The summed E-state index contributed by atoms with van der Waals surface area (Å²) in [5.41, 5.74) is 1.39. The fraction of sp³-hybridized carbons (Fsp3) is 0.333. The van der Waals surface area contributed by atoms with Crippen LogP contribution in [0.5, 0.6) is 0 Å². The van der Waals surface area contributed by atoms with Gasteiger partial charge in [0.1, 0.15) is 5.82 Å². The zero-order chi connectivity index (χ0) is 18.1. The van der Waals surface area contributed by atoms with E-state index in [1.807, 2.05) is 53.4 Å². The van der Waals surface area contributed by atoms with Gasteiger partial charge in [0.15, 0.2) is 5.43 Å². The number of aromatic nitrogens is 1. The second kappa shape index (κ2) is 7.08. The average molecular weight is 366 g/mol. The standard InChI is InChI=1S/C21H22N2O2S/c1-23-16-11-6-5-10-15(16)19(24)18(17-12-7-13-26-17)20(23)22-21(25)14-8-3-2-4-9-14/h5-7,10-14H,2-4,8-9H2,1H3,(H,22,25). The SMILES string of the molecule is Cn1c(NC(=O)C2CCCCC2)c(-c2cccs2)c(=O)c2ccccc21. The highest BCUT2D eigenvalue weighted by Crippen LogP contribution is 2.32. The van der Waals surface area contributed by atoms with Crippen molar-refractivity contribution in [2.75, 3.05) is 5.32 Å². The highest BCUT2D eigenvalue weighted by atomic mass is 32.1. The van der Waals surface area contributed by atoms with Gasteiger partial charge >= 0.3 is 0 Å². The molecule has 26 heavy (non-hydrogen) atoms. The number of anilines is 1. The average Bonchev–Trinajstić information content (AvgIpc) is 3.21. The topological polar surface area (TPSA) is 51.1 Å². The minimum absolute atomic E-state index is 0.0277. The molecule has 2 heterocycles. The number of rotatable bonds is 3. The summed E-state index contributed by atoms with van der Waals surface area (Å²) < 4.78 is 1.94. The maximum Gasteiger partial charge on any atom is 0.228 e. The lowest BCUT2D eigenvalue weighted by molar-refractivity contribution is -0.120. The van der Waals surface area contributed by atoms with E-state index in [4.69, 9.17) is 0 Å². The number of para-hydroxylation sites is 1. The van der Waals surface area contributed by atoms with Crippen LogP contribution in [0.4, 0.5) is 5.82 Å². The Balaban J connectivity index is 1.86. The predicted molar refractivity (Wildman–Crippen MR) is 108 cm³/mol. The number of carbonyl (C=O) groups is 1. The van der Waals surface area contributed by atoms with Crippen LogP contribution in [0.2, 0.25) is 0 Å². The molecule has 1 saturated carbocycles. The summed E-state index contributed by atoms with van der Waals surface area (Å²) in [5, 5.41) is 5.73. The summed E-state index contributed by atoms with van der Waals surface area (Å²) >= 11 is 1.52. The van der Waals surface area contributed by atoms with Crippen molar-refractivity contribution in [2.24, 2.45) is 13.0 Å². The number of thiophene rings is 1. The Kier molecular flexibility index (Phi) is 4.64. The van der Waals surface area contributed by atoms with E-state index in [-0.39, 0.29) is 17.3 Å². The van der Waals surface area contributed by atoms with Gasteiger partial charge < -0.3 is 9.88 Å². The van der Waals surface area contributed by atoms with E-state index < -0.39 is 0 Å². The molecule has 0 atom stereocenters. The van der Waals surface area contributed by atoms with Crippen molar-refractivity contribution in [3.63, 3.8) is 0 Å². The van der Waals surface area contributed by atoms with E-state index in [0.29, 0.717) is 16.8 Å². The van der Waals surface area contributed by atoms with Crippen molar-refractivity contribution in [3.8, 4) is 10.4 Å². The zero-order valence-electron chi connectivity index (χ0n) is 14.8. The van der Waals surface area contributed by atoms with Crippen molar-refractivity contribution in [2.45, 2.75) is 32.1 Å². The molecule has 0 saturated heterocycles.